The highest BCUT2D eigenvalue weighted by Crippen LogP contribution is 2.56. The lowest BCUT2D eigenvalue weighted by Crippen LogP contribution is -2.50. The van der Waals surface area contributed by atoms with E-state index < -0.39 is 11.7 Å². The van der Waals surface area contributed by atoms with Crippen molar-refractivity contribution in [2.24, 2.45) is 17.3 Å². The van der Waals surface area contributed by atoms with Crippen LogP contribution in [0.5, 0.6) is 5.75 Å². The van der Waals surface area contributed by atoms with Crippen LogP contribution in [-0.4, -0.2) is 41.1 Å². The molecule has 1 aliphatic carbocycles. The molecule has 0 radical (unpaired) electrons. The Kier molecular flexibility index (Phi) is 6.12. The van der Waals surface area contributed by atoms with Gasteiger partial charge < -0.3 is 24.4 Å². The van der Waals surface area contributed by atoms with E-state index in [0.717, 1.165) is 35.3 Å². The lowest BCUT2D eigenvalue weighted by Gasteiger charge is -2.50. The Labute approximate surface area is 196 Å². The van der Waals surface area contributed by atoms with Crippen LogP contribution < -0.4 is 0 Å². The van der Waals surface area contributed by atoms with Crippen molar-refractivity contribution in [3.63, 3.8) is 0 Å². The molecule has 6 nitrogen and oxygen atoms in total. The summed E-state index contributed by atoms with van der Waals surface area (Å²) in [4.78, 5) is 12.1. The minimum Gasteiger partial charge on any atom is -0.508 e. The summed E-state index contributed by atoms with van der Waals surface area (Å²) in [5, 5.41) is 21.2. The molecule has 3 aliphatic rings. The normalized spacial score (nSPS) is 32.3. The summed E-state index contributed by atoms with van der Waals surface area (Å²) in [6, 6.07) is 7.17. The molecule has 0 saturated heterocycles. The first-order chi connectivity index (χ1) is 15.5. The Morgan fingerprint density at radius 3 is 2.64 bits per heavy atom. The zero-order valence-corrected chi connectivity index (χ0v) is 20.4. The number of aromatic hydroxyl groups is 1. The minimum atomic E-state index is -0.731. The Balaban J connectivity index is 1.56. The number of ether oxygens (including phenoxy) is 3. The molecule has 33 heavy (non-hydrogen) atoms. The fourth-order valence-corrected chi connectivity index (χ4v) is 6.04. The molecule has 2 aliphatic heterocycles. The Bertz CT molecular complexity index is 992. The summed E-state index contributed by atoms with van der Waals surface area (Å²) in [5.74, 6) is 0.673. The third-order valence-corrected chi connectivity index (χ3v) is 7.62. The van der Waals surface area contributed by atoms with E-state index in [9.17, 15) is 15.0 Å². The second-order valence-electron chi connectivity index (χ2n) is 10.8. The number of phenolic OH excluding ortho intramolecular Hbond substituents is 1. The van der Waals surface area contributed by atoms with Crippen LogP contribution in [0.4, 0.5) is 0 Å². The van der Waals surface area contributed by atoms with Crippen LogP contribution in [0, 0.1) is 17.3 Å². The fraction of sp³-hybridized carbons (Fsp3) is 0.593. The molecule has 6 atom stereocenters. The van der Waals surface area contributed by atoms with Gasteiger partial charge in [0.1, 0.15) is 23.2 Å². The summed E-state index contributed by atoms with van der Waals surface area (Å²) in [7, 11) is 1.68. The molecular weight excluding hydrogens is 420 g/mol. The van der Waals surface area contributed by atoms with Gasteiger partial charge in [-0.05, 0) is 43.4 Å². The molecule has 0 fully saturated rings. The number of hydrogen-bond acceptors (Lipinski definition) is 6. The molecule has 1 aromatic rings. The number of esters is 1. The van der Waals surface area contributed by atoms with Crippen LogP contribution >= 0.6 is 0 Å². The number of carbonyl (C=O) groups excluding carboxylic acids is 1. The van der Waals surface area contributed by atoms with Crippen molar-refractivity contribution >= 4 is 5.97 Å². The van der Waals surface area contributed by atoms with Gasteiger partial charge in [-0.2, -0.15) is 0 Å². The summed E-state index contributed by atoms with van der Waals surface area (Å²) in [6.45, 7) is 10.3. The van der Waals surface area contributed by atoms with Gasteiger partial charge in [-0.3, -0.25) is 0 Å². The zero-order valence-electron chi connectivity index (χ0n) is 20.4. The molecular formula is C27H36O6. The molecule has 1 aromatic carbocycles. The topological polar surface area (TPSA) is 85.2 Å². The van der Waals surface area contributed by atoms with Gasteiger partial charge in [-0.15, -0.1) is 0 Å². The average Bonchev–Trinajstić information content (AvgIpc) is 3.02. The first-order valence-corrected chi connectivity index (χ1v) is 11.8. The Morgan fingerprint density at radius 1 is 1.24 bits per heavy atom. The highest BCUT2D eigenvalue weighted by molar-refractivity contribution is 5.88. The van der Waals surface area contributed by atoms with E-state index in [0.29, 0.717) is 6.42 Å². The highest BCUT2D eigenvalue weighted by atomic mass is 16.6. The number of rotatable bonds is 6. The molecule has 0 amide bonds. The van der Waals surface area contributed by atoms with Crippen LogP contribution in [-0.2, 0) is 19.0 Å². The molecule has 180 valence electrons. The minimum absolute atomic E-state index is 0.128. The third-order valence-electron chi connectivity index (χ3n) is 7.62. The van der Waals surface area contributed by atoms with Crippen molar-refractivity contribution in [3.8, 4) is 5.75 Å². The predicted molar refractivity (Wildman–Crippen MR) is 124 cm³/mol. The fourth-order valence-electron chi connectivity index (χ4n) is 6.04. The molecule has 6 heteroatoms. The molecule has 0 unspecified atom stereocenters. The summed E-state index contributed by atoms with van der Waals surface area (Å²) >= 11 is 0. The van der Waals surface area contributed by atoms with Gasteiger partial charge in [0.05, 0.1) is 12.2 Å². The van der Waals surface area contributed by atoms with Crippen LogP contribution in [0.3, 0.4) is 0 Å². The highest BCUT2D eigenvalue weighted by Gasteiger charge is 2.56. The first kappa shape index (κ1) is 23.8. The van der Waals surface area contributed by atoms with Crippen LogP contribution in [0.2, 0.25) is 0 Å². The van der Waals surface area contributed by atoms with Crippen molar-refractivity contribution in [1.82, 2.24) is 0 Å². The van der Waals surface area contributed by atoms with E-state index in [-0.39, 0.29) is 41.2 Å². The van der Waals surface area contributed by atoms with Gasteiger partial charge in [0.2, 0.25) is 0 Å². The molecule has 2 heterocycles. The standard InChI is InChI=1S/C27H36O6/c1-15(10-11-20(31-6)17-8-7-9-18(28)12-17)24-16(2)23(30)22-19-13-21(29)33-27(19,5)14-26(3,4)25(22)32-24/h7-9,12-13,15-16,20,23-24,28,30H,10-11,14H2,1-6H3/t15-,16+,20+,23-,24-,27+/m1/s1. The number of benzene rings is 1. The van der Waals surface area contributed by atoms with Gasteiger partial charge in [-0.25, -0.2) is 4.79 Å². The van der Waals surface area contributed by atoms with E-state index >= 15 is 0 Å². The number of methoxy groups -OCH3 is 1. The van der Waals surface area contributed by atoms with E-state index in [4.69, 9.17) is 14.2 Å². The maximum Gasteiger partial charge on any atom is 0.332 e. The summed E-state index contributed by atoms with van der Waals surface area (Å²) in [5.41, 5.74) is 1.33. The number of hydrogen-bond donors (Lipinski definition) is 2. The lowest BCUT2D eigenvalue weighted by atomic mass is 9.64. The SMILES string of the molecule is CO[C@@H](CC[C@@H](C)[C@H]1OC2=C(C3=CC(=O)O[C@@]3(C)CC2(C)C)[C@H](O)[C@@H]1C)c1cccc(O)c1. The summed E-state index contributed by atoms with van der Waals surface area (Å²) in [6.07, 6.45) is 2.71. The number of aliphatic hydroxyl groups is 1. The number of fused-ring (bicyclic) bond motifs is 2. The maximum atomic E-state index is 12.1. The first-order valence-electron chi connectivity index (χ1n) is 11.8. The number of phenols is 1. The third kappa shape index (κ3) is 4.19. The van der Waals surface area contributed by atoms with Gasteiger partial charge in [-0.1, -0.05) is 39.8 Å². The second-order valence-corrected chi connectivity index (χ2v) is 10.8. The predicted octanol–water partition coefficient (Wildman–Crippen LogP) is 4.82. The molecule has 0 bridgehead atoms. The van der Waals surface area contributed by atoms with Gasteiger partial charge in [0.15, 0.2) is 0 Å². The molecule has 0 spiro atoms. The van der Waals surface area contributed by atoms with Crippen molar-refractivity contribution in [2.45, 2.75) is 77.8 Å². The van der Waals surface area contributed by atoms with Crippen LogP contribution in [0.25, 0.3) is 0 Å². The maximum absolute atomic E-state index is 12.1. The largest absolute Gasteiger partial charge is 0.508 e. The van der Waals surface area contributed by atoms with E-state index in [1.807, 2.05) is 26.0 Å². The molecule has 0 aromatic heterocycles. The van der Waals surface area contributed by atoms with Crippen molar-refractivity contribution in [3.05, 3.63) is 52.8 Å². The quantitative estimate of drug-likeness (QED) is 0.597. The van der Waals surface area contributed by atoms with Crippen molar-refractivity contribution in [1.29, 1.82) is 0 Å². The lowest BCUT2D eigenvalue weighted by molar-refractivity contribution is -0.149. The zero-order chi connectivity index (χ0) is 24.1. The monoisotopic (exact) mass is 456 g/mol. The van der Waals surface area contributed by atoms with Crippen molar-refractivity contribution < 1.29 is 29.2 Å². The smallest absolute Gasteiger partial charge is 0.332 e. The van der Waals surface area contributed by atoms with Crippen LogP contribution in [0.1, 0.15) is 65.5 Å². The number of aliphatic hydroxyl groups excluding tert-OH is 1. The number of carbonyl (C=O) groups is 1. The van der Waals surface area contributed by atoms with E-state index in [1.165, 1.54) is 6.08 Å². The van der Waals surface area contributed by atoms with Crippen molar-refractivity contribution in [2.75, 3.05) is 7.11 Å². The van der Waals surface area contributed by atoms with E-state index in [2.05, 4.69) is 20.8 Å². The van der Waals surface area contributed by atoms with Crippen LogP contribution in [0.15, 0.2) is 47.2 Å². The summed E-state index contributed by atoms with van der Waals surface area (Å²) < 4.78 is 18.0. The van der Waals surface area contributed by atoms with E-state index in [1.54, 1.807) is 19.2 Å². The van der Waals surface area contributed by atoms with Gasteiger partial charge >= 0.3 is 5.97 Å². The molecule has 2 N–H and O–H groups in total. The van der Waals surface area contributed by atoms with Gasteiger partial charge in [0.25, 0.3) is 0 Å². The van der Waals surface area contributed by atoms with Gasteiger partial charge in [0, 0.05) is 42.1 Å². The Hall–Kier alpha value is -2.31. The Morgan fingerprint density at radius 2 is 1.97 bits per heavy atom. The average molecular weight is 457 g/mol. The second kappa shape index (κ2) is 8.48. The number of allylic oxidation sites excluding steroid dienone is 1. The molecule has 4 rings (SSSR count). The molecule has 0 saturated carbocycles.